The summed E-state index contributed by atoms with van der Waals surface area (Å²) in [4.78, 5) is 10.8. The average Bonchev–Trinajstić information content (AvgIpc) is 2.00. The molecule has 6 heteroatoms. The zero-order valence-corrected chi connectivity index (χ0v) is 6.86. The van der Waals surface area contributed by atoms with Crippen molar-refractivity contribution in [3.05, 3.63) is 0 Å². The first kappa shape index (κ1) is 10.3. The molecule has 76 valence electrons. The highest BCUT2D eigenvalue weighted by Crippen LogP contribution is 2.20. The second kappa shape index (κ2) is 3.95. The van der Waals surface area contributed by atoms with Crippen LogP contribution >= 0.6 is 0 Å². The van der Waals surface area contributed by atoms with Crippen molar-refractivity contribution in [2.75, 3.05) is 13.2 Å². The molecule has 3 nitrogen and oxygen atoms in total. The number of halogens is 3. The Balaban J connectivity index is 2.25. The molecule has 1 saturated heterocycles. The van der Waals surface area contributed by atoms with Gasteiger partial charge in [-0.1, -0.05) is 0 Å². The number of piperidine rings is 1. The summed E-state index contributed by atoms with van der Waals surface area (Å²) in [5, 5.41) is 2.53. The standard InChI is InChI=1S/C7H10F3NO2/c8-7(9,10)13-4-5-1-2-11-6(12)3-5/h5H,1-4H2,(H,11,12). The van der Waals surface area contributed by atoms with E-state index in [9.17, 15) is 18.0 Å². The lowest BCUT2D eigenvalue weighted by Gasteiger charge is -2.22. The van der Waals surface area contributed by atoms with Crippen LogP contribution in [0.1, 0.15) is 12.8 Å². The lowest BCUT2D eigenvalue weighted by atomic mass is 9.99. The van der Waals surface area contributed by atoms with Gasteiger partial charge in [0.05, 0.1) is 6.61 Å². The molecule has 0 radical (unpaired) electrons. The molecule has 1 unspecified atom stereocenters. The van der Waals surface area contributed by atoms with Crippen LogP contribution in [0.2, 0.25) is 0 Å². The first-order valence-electron chi connectivity index (χ1n) is 3.95. The van der Waals surface area contributed by atoms with Gasteiger partial charge in [-0.25, -0.2) is 0 Å². The van der Waals surface area contributed by atoms with Crippen LogP contribution in [-0.4, -0.2) is 25.4 Å². The fourth-order valence-corrected chi connectivity index (χ4v) is 1.21. The van der Waals surface area contributed by atoms with Crippen molar-refractivity contribution in [1.82, 2.24) is 5.32 Å². The van der Waals surface area contributed by atoms with Crippen LogP contribution in [0.4, 0.5) is 13.2 Å². The van der Waals surface area contributed by atoms with E-state index in [1.54, 1.807) is 0 Å². The first-order valence-corrected chi connectivity index (χ1v) is 3.95. The van der Waals surface area contributed by atoms with E-state index >= 15 is 0 Å². The Morgan fingerprint density at radius 2 is 2.23 bits per heavy atom. The fourth-order valence-electron chi connectivity index (χ4n) is 1.21. The van der Waals surface area contributed by atoms with Gasteiger partial charge in [0.25, 0.3) is 0 Å². The fraction of sp³-hybridized carbons (Fsp3) is 0.857. The number of carbonyl (C=O) groups is 1. The van der Waals surface area contributed by atoms with E-state index in [1.165, 1.54) is 0 Å². The highest BCUT2D eigenvalue weighted by atomic mass is 19.4. The molecule has 0 saturated carbocycles. The molecular weight excluding hydrogens is 187 g/mol. The van der Waals surface area contributed by atoms with E-state index in [4.69, 9.17) is 0 Å². The predicted octanol–water partition coefficient (Wildman–Crippen LogP) is 1.05. The maximum Gasteiger partial charge on any atom is 0.522 e. The highest BCUT2D eigenvalue weighted by Gasteiger charge is 2.31. The molecule has 0 bridgehead atoms. The van der Waals surface area contributed by atoms with E-state index < -0.39 is 13.0 Å². The summed E-state index contributed by atoms with van der Waals surface area (Å²) in [5.74, 6) is -0.516. The van der Waals surface area contributed by atoms with Crippen molar-refractivity contribution >= 4 is 5.91 Å². The number of carbonyl (C=O) groups excluding carboxylic acids is 1. The summed E-state index contributed by atoms with van der Waals surface area (Å²) in [5.41, 5.74) is 0. The molecule has 1 amide bonds. The quantitative estimate of drug-likeness (QED) is 0.718. The second-order valence-electron chi connectivity index (χ2n) is 2.97. The predicted molar refractivity (Wildman–Crippen MR) is 37.7 cm³/mol. The number of amides is 1. The topological polar surface area (TPSA) is 38.3 Å². The van der Waals surface area contributed by atoms with Gasteiger partial charge < -0.3 is 5.32 Å². The minimum atomic E-state index is -4.59. The molecule has 0 aromatic rings. The lowest BCUT2D eigenvalue weighted by Crippen LogP contribution is -2.36. The van der Waals surface area contributed by atoms with Crippen LogP contribution in [0.3, 0.4) is 0 Å². The zero-order chi connectivity index (χ0) is 9.90. The van der Waals surface area contributed by atoms with Crippen LogP contribution in [0.15, 0.2) is 0 Å². The van der Waals surface area contributed by atoms with Gasteiger partial charge in [-0.15, -0.1) is 13.2 Å². The largest absolute Gasteiger partial charge is 0.522 e. The summed E-state index contributed by atoms with van der Waals surface area (Å²) in [6, 6.07) is 0. The van der Waals surface area contributed by atoms with Gasteiger partial charge >= 0.3 is 6.36 Å². The van der Waals surface area contributed by atoms with Crippen LogP contribution in [-0.2, 0) is 9.53 Å². The van der Waals surface area contributed by atoms with Crippen molar-refractivity contribution in [2.24, 2.45) is 5.92 Å². The Labute approximate surface area is 73.2 Å². The van der Waals surface area contributed by atoms with Gasteiger partial charge in [-0.2, -0.15) is 0 Å². The molecule has 1 N–H and O–H groups in total. The Kier molecular flexibility index (Phi) is 3.13. The molecule has 1 aliphatic rings. The van der Waals surface area contributed by atoms with Gasteiger partial charge in [0.2, 0.25) is 5.91 Å². The number of hydrogen-bond donors (Lipinski definition) is 1. The summed E-state index contributed by atoms with van der Waals surface area (Å²) < 4.78 is 38.4. The molecule has 1 aliphatic heterocycles. The normalized spacial score (nSPS) is 24.2. The molecule has 1 atom stereocenters. The van der Waals surface area contributed by atoms with Crippen LogP contribution in [0.5, 0.6) is 0 Å². The minimum Gasteiger partial charge on any atom is -0.356 e. The molecule has 1 heterocycles. The number of nitrogens with one attached hydrogen (secondary N) is 1. The summed E-state index contributed by atoms with van der Waals surface area (Å²) in [7, 11) is 0. The molecule has 0 aliphatic carbocycles. The maximum absolute atomic E-state index is 11.6. The smallest absolute Gasteiger partial charge is 0.356 e. The van der Waals surface area contributed by atoms with Crippen LogP contribution in [0.25, 0.3) is 0 Å². The number of ether oxygens (including phenoxy) is 1. The minimum absolute atomic E-state index is 0.121. The van der Waals surface area contributed by atoms with E-state index in [0.717, 1.165) is 0 Å². The van der Waals surface area contributed by atoms with Crippen LogP contribution < -0.4 is 5.32 Å². The number of alkyl halides is 3. The molecule has 1 fully saturated rings. The zero-order valence-electron chi connectivity index (χ0n) is 6.86. The second-order valence-corrected chi connectivity index (χ2v) is 2.97. The Hall–Kier alpha value is -0.780. The SMILES string of the molecule is O=C1CC(COC(F)(F)F)CCN1. The molecule has 1 rings (SSSR count). The van der Waals surface area contributed by atoms with E-state index in [1.807, 2.05) is 0 Å². The van der Waals surface area contributed by atoms with E-state index in [0.29, 0.717) is 13.0 Å². The van der Waals surface area contributed by atoms with Gasteiger partial charge in [0, 0.05) is 13.0 Å². The van der Waals surface area contributed by atoms with Gasteiger partial charge in [0.15, 0.2) is 0 Å². The first-order chi connectivity index (χ1) is 5.97. The Morgan fingerprint density at radius 1 is 1.54 bits per heavy atom. The van der Waals surface area contributed by atoms with Crippen molar-refractivity contribution in [3.63, 3.8) is 0 Å². The highest BCUT2D eigenvalue weighted by molar-refractivity contribution is 5.76. The monoisotopic (exact) mass is 197 g/mol. The third kappa shape index (κ3) is 4.12. The molecular formula is C7H10F3NO2. The van der Waals surface area contributed by atoms with Gasteiger partial charge in [-0.05, 0) is 12.3 Å². The molecule has 0 aromatic heterocycles. The van der Waals surface area contributed by atoms with Gasteiger partial charge in [0.1, 0.15) is 0 Å². The van der Waals surface area contributed by atoms with Crippen molar-refractivity contribution in [2.45, 2.75) is 19.2 Å². The third-order valence-corrected chi connectivity index (χ3v) is 1.83. The summed E-state index contributed by atoms with van der Waals surface area (Å²) >= 11 is 0. The Morgan fingerprint density at radius 3 is 2.77 bits per heavy atom. The maximum atomic E-state index is 11.6. The van der Waals surface area contributed by atoms with E-state index in [-0.39, 0.29) is 18.2 Å². The average molecular weight is 197 g/mol. The van der Waals surface area contributed by atoms with Crippen molar-refractivity contribution < 1.29 is 22.7 Å². The van der Waals surface area contributed by atoms with Crippen molar-refractivity contribution in [1.29, 1.82) is 0 Å². The van der Waals surface area contributed by atoms with E-state index in [2.05, 4.69) is 10.1 Å². The van der Waals surface area contributed by atoms with Gasteiger partial charge in [-0.3, -0.25) is 9.53 Å². The van der Waals surface area contributed by atoms with Crippen molar-refractivity contribution in [3.8, 4) is 0 Å². The molecule has 13 heavy (non-hydrogen) atoms. The number of hydrogen-bond acceptors (Lipinski definition) is 2. The molecule has 0 aromatic carbocycles. The summed E-state index contributed by atoms with van der Waals surface area (Å²) in [6.07, 6.45) is -3.92. The molecule has 0 spiro atoms. The van der Waals surface area contributed by atoms with Crippen LogP contribution in [0, 0.1) is 5.92 Å². The number of rotatable bonds is 2. The summed E-state index contributed by atoms with van der Waals surface area (Å²) in [6.45, 7) is 0.0155. The lowest BCUT2D eigenvalue weighted by molar-refractivity contribution is -0.328. The third-order valence-electron chi connectivity index (χ3n) is 1.83. The Bertz CT molecular complexity index is 193.